The highest BCUT2D eigenvalue weighted by molar-refractivity contribution is 5.95. The molecule has 0 aliphatic carbocycles. The van der Waals surface area contributed by atoms with Crippen LogP contribution in [-0.2, 0) is 35.1 Å². The molecule has 0 aliphatic rings. The number of nitrogens with one attached hydrogen (secondary N) is 4. The molecule has 13 nitrogen and oxygen atoms in total. The fraction of sp³-hybridized carbons (Fsp3) is 0.571. The van der Waals surface area contributed by atoms with Crippen LogP contribution in [0.2, 0.25) is 0 Å². The number of nitrogens with two attached hydrogens (primary N) is 1. The second-order valence-corrected chi connectivity index (χ2v) is 10.4. The molecule has 13 heteroatoms. The van der Waals surface area contributed by atoms with Crippen LogP contribution in [-0.4, -0.2) is 66.5 Å². The molecule has 0 fully saturated rings. The van der Waals surface area contributed by atoms with Crippen molar-refractivity contribution in [2.75, 3.05) is 6.61 Å². The van der Waals surface area contributed by atoms with Crippen LogP contribution in [0.4, 0.5) is 4.79 Å². The van der Waals surface area contributed by atoms with E-state index in [1.807, 2.05) is 13.8 Å². The first-order chi connectivity index (χ1) is 19.1. The molecule has 0 spiro atoms. The lowest BCUT2D eigenvalue weighted by Crippen LogP contribution is -2.59. The zero-order chi connectivity index (χ0) is 31.3. The van der Waals surface area contributed by atoms with Crippen LogP contribution in [0, 0.1) is 11.8 Å². The Balaban J connectivity index is 3.01. The number of primary amides is 1. The number of amides is 5. The summed E-state index contributed by atoms with van der Waals surface area (Å²) in [5.41, 5.74) is 6.03. The van der Waals surface area contributed by atoms with E-state index >= 15 is 0 Å². The molecule has 5 amide bonds. The van der Waals surface area contributed by atoms with E-state index < -0.39 is 59.9 Å². The fourth-order valence-corrected chi connectivity index (χ4v) is 3.79. The number of benzene rings is 1. The molecule has 1 rings (SSSR count). The van der Waals surface area contributed by atoms with Crippen molar-refractivity contribution in [2.45, 2.75) is 85.5 Å². The van der Waals surface area contributed by atoms with Gasteiger partial charge in [0.05, 0.1) is 6.61 Å². The first kappa shape index (κ1) is 34.9. The predicted molar refractivity (Wildman–Crippen MR) is 150 cm³/mol. The summed E-state index contributed by atoms with van der Waals surface area (Å²) in [6, 6.07) is 2.29. The second kappa shape index (κ2) is 16.8. The lowest BCUT2D eigenvalue weighted by atomic mass is 10.0. The number of esters is 1. The lowest BCUT2D eigenvalue weighted by molar-refractivity contribution is -0.134. The summed E-state index contributed by atoms with van der Waals surface area (Å²) in [7, 11) is 0. The number of hydrogen-bond donors (Lipinski definition) is 5. The van der Waals surface area contributed by atoms with E-state index in [9.17, 15) is 28.8 Å². The zero-order valence-corrected chi connectivity index (χ0v) is 24.7. The Kier molecular flexibility index (Phi) is 14.3. The summed E-state index contributed by atoms with van der Waals surface area (Å²) in [5, 5.41) is 10.3. The minimum Gasteiger partial charge on any atom is -0.450 e. The van der Waals surface area contributed by atoms with Gasteiger partial charge in [-0.3, -0.25) is 24.0 Å². The molecule has 0 saturated carbocycles. The summed E-state index contributed by atoms with van der Waals surface area (Å²) in [6.45, 7) is 11.6. The Morgan fingerprint density at radius 1 is 0.805 bits per heavy atom. The monoisotopic (exact) mass is 577 g/mol. The standard InChI is InChI=1S/C28H43N5O8/c1-8-40-28(39)32-22(14-19-9-11-20(12-10-19)41-18(7)34)26(37)33-23(16(4)5)27(38)30-17(6)25(36)31-21(24(29)35)13-15(2)3/h9-12,15-17,21-23H,8,13-14H2,1-7H3,(H2,29,35)(H,30,38)(H,31,36)(H,32,39)(H,33,37)/t17-,21-,22+,23-/m0/s1. The van der Waals surface area contributed by atoms with Gasteiger partial charge >= 0.3 is 12.1 Å². The first-order valence-corrected chi connectivity index (χ1v) is 13.6. The molecule has 0 aliphatic heterocycles. The van der Waals surface area contributed by atoms with Crippen molar-refractivity contribution < 1.29 is 38.2 Å². The minimum atomic E-state index is -1.12. The molecule has 0 saturated heterocycles. The van der Waals surface area contributed by atoms with E-state index in [-0.39, 0.29) is 24.9 Å². The Morgan fingerprint density at radius 2 is 1.41 bits per heavy atom. The maximum absolute atomic E-state index is 13.3. The third-order valence-electron chi connectivity index (χ3n) is 5.87. The zero-order valence-electron chi connectivity index (χ0n) is 24.7. The Labute approximate surface area is 240 Å². The summed E-state index contributed by atoms with van der Waals surface area (Å²) < 4.78 is 9.95. The van der Waals surface area contributed by atoms with Crippen LogP contribution in [0.15, 0.2) is 24.3 Å². The van der Waals surface area contributed by atoms with Gasteiger partial charge in [0.2, 0.25) is 23.6 Å². The third-order valence-corrected chi connectivity index (χ3v) is 5.87. The largest absolute Gasteiger partial charge is 0.450 e. The third kappa shape index (κ3) is 12.7. The van der Waals surface area contributed by atoms with Gasteiger partial charge in [-0.2, -0.15) is 0 Å². The molecular weight excluding hydrogens is 534 g/mol. The summed E-state index contributed by atoms with van der Waals surface area (Å²) >= 11 is 0. The highest BCUT2D eigenvalue weighted by Gasteiger charge is 2.31. The molecule has 0 heterocycles. The van der Waals surface area contributed by atoms with E-state index in [4.69, 9.17) is 15.2 Å². The quantitative estimate of drug-likeness (QED) is 0.150. The van der Waals surface area contributed by atoms with Crippen LogP contribution >= 0.6 is 0 Å². The molecule has 1 aromatic rings. The van der Waals surface area contributed by atoms with Crippen molar-refractivity contribution in [1.82, 2.24) is 21.3 Å². The van der Waals surface area contributed by atoms with E-state index in [0.29, 0.717) is 17.7 Å². The minimum absolute atomic E-state index is 0.0423. The van der Waals surface area contributed by atoms with Crippen molar-refractivity contribution in [3.8, 4) is 5.75 Å². The topological polar surface area (TPSA) is 195 Å². The van der Waals surface area contributed by atoms with Crippen molar-refractivity contribution in [1.29, 1.82) is 0 Å². The van der Waals surface area contributed by atoms with Gasteiger partial charge < -0.3 is 36.5 Å². The number of alkyl carbamates (subject to hydrolysis) is 1. The van der Waals surface area contributed by atoms with Gasteiger partial charge in [-0.05, 0) is 49.8 Å². The van der Waals surface area contributed by atoms with Gasteiger partial charge in [-0.1, -0.05) is 39.8 Å². The molecule has 41 heavy (non-hydrogen) atoms. The molecule has 0 radical (unpaired) electrons. The number of hydrogen-bond acceptors (Lipinski definition) is 8. The Hall–Kier alpha value is -4.16. The van der Waals surface area contributed by atoms with Crippen molar-refractivity contribution in [2.24, 2.45) is 17.6 Å². The van der Waals surface area contributed by atoms with Crippen molar-refractivity contribution >= 4 is 35.7 Å². The molecule has 0 aromatic heterocycles. The van der Waals surface area contributed by atoms with Crippen molar-refractivity contribution in [3.05, 3.63) is 29.8 Å². The van der Waals surface area contributed by atoms with E-state index in [0.717, 1.165) is 0 Å². The van der Waals surface area contributed by atoms with E-state index in [2.05, 4.69) is 21.3 Å². The molecule has 6 N–H and O–H groups in total. The number of rotatable bonds is 15. The van der Waals surface area contributed by atoms with Gasteiger partial charge in [-0.25, -0.2) is 4.79 Å². The maximum atomic E-state index is 13.3. The number of carbonyl (C=O) groups excluding carboxylic acids is 6. The highest BCUT2D eigenvalue weighted by Crippen LogP contribution is 2.14. The van der Waals surface area contributed by atoms with E-state index in [1.54, 1.807) is 45.0 Å². The van der Waals surface area contributed by atoms with Crippen LogP contribution in [0.1, 0.15) is 60.5 Å². The SMILES string of the molecule is CCOC(=O)N[C@H](Cc1ccc(OC(C)=O)cc1)C(=O)N[C@H](C(=O)N[C@@H](C)C(=O)N[C@@H](CC(C)C)C(N)=O)C(C)C. The molecular formula is C28H43N5O8. The van der Waals surface area contributed by atoms with Gasteiger partial charge in [0, 0.05) is 13.3 Å². The van der Waals surface area contributed by atoms with Crippen LogP contribution < -0.4 is 31.7 Å². The number of carbonyl (C=O) groups is 6. The van der Waals surface area contributed by atoms with E-state index in [1.165, 1.54) is 13.8 Å². The van der Waals surface area contributed by atoms with Crippen LogP contribution in [0.3, 0.4) is 0 Å². The Morgan fingerprint density at radius 3 is 1.90 bits per heavy atom. The second-order valence-electron chi connectivity index (χ2n) is 10.4. The average Bonchev–Trinajstić information content (AvgIpc) is 2.86. The summed E-state index contributed by atoms with van der Waals surface area (Å²) in [6.07, 6.45) is -0.431. The molecule has 4 atom stereocenters. The maximum Gasteiger partial charge on any atom is 0.407 e. The van der Waals surface area contributed by atoms with Crippen LogP contribution in [0.5, 0.6) is 5.75 Å². The fourth-order valence-electron chi connectivity index (χ4n) is 3.79. The van der Waals surface area contributed by atoms with Gasteiger partial charge in [0.1, 0.15) is 29.9 Å². The van der Waals surface area contributed by atoms with Gasteiger partial charge in [0.25, 0.3) is 0 Å². The first-order valence-electron chi connectivity index (χ1n) is 13.6. The lowest BCUT2D eigenvalue weighted by Gasteiger charge is -2.27. The smallest absolute Gasteiger partial charge is 0.407 e. The van der Waals surface area contributed by atoms with Crippen molar-refractivity contribution in [3.63, 3.8) is 0 Å². The summed E-state index contributed by atoms with van der Waals surface area (Å²) in [4.78, 5) is 74.1. The summed E-state index contributed by atoms with van der Waals surface area (Å²) in [5.74, 6) is -3.01. The normalized spacial score (nSPS) is 13.8. The molecule has 228 valence electrons. The number of ether oxygens (including phenoxy) is 2. The predicted octanol–water partition coefficient (Wildman–Crippen LogP) is 0.931. The van der Waals surface area contributed by atoms with Gasteiger partial charge in [-0.15, -0.1) is 0 Å². The van der Waals surface area contributed by atoms with Crippen LogP contribution in [0.25, 0.3) is 0 Å². The highest BCUT2D eigenvalue weighted by atomic mass is 16.5. The molecule has 1 aromatic carbocycles. The van der Waals surface area contributed by atoms with Gasteiger partial charge in [0.15, 0.2) is 0 Å². The Bertz CT molecular complexity index is 1070. The molecule has 0 bridgehead atoms. The average molecular weight is 578 g/mol. The molecule has 0 unspecified atom stereocenters.